The van der Waals surface area contributed by atoms with E-state index >= 15 is 0 Å². The van der Waals surface area contributed by atoms with Crippen LogP contribution in [0.2, 0.25) is 0 Å². The van der Waals surface area contributed by atoms with Crippen molar-refractivity contribution in [3.05, 3.63) is 91.0 Å². The van der Waals surface area contributed by atoms with Gasteiger partial charge in [0.1, 0.15) is 5.75 Å². The van der Waals surface area contributed by atoms with Gasteiger partial charge in [-0.1, -0.05) is 69.9 Å². The third-order valence-corrected chi connectivity index (χ3v) is 5.39. The van der Waals surface area contributed by atoms with E-state index in [9.17, 15) is 5.11 Å². The van der Waals surface area contributed by atoms with Crippen LogP contribution in [0.15, 0.2) is 91.0 Å². The molecule has 1 aromatic heterocycles. The van der Waals surface area contributed by atoms with Crippen LogP contribution in [-0.2, 0) is 0 Å². The summed E-state index contributed by atoms with van der Waals surface area (Å²) in [5.74, 6) is 0.266. The molecule has 0 aliphatic carbocycles. The number of phenolic OH excluding ortho intramolecular Hbond substituents is 1. The van der Waals surface area contributed by atoms with Gasteiger partial charge < -0.3 is 5.11 Å². The summed E-state index contributed by atoms with van der Waals surface area (Å²) in [5, 5.41) is 13.4. The van der Waals surface area contributed by atoms with Crippen molar-refractivity contribution in [2.45, 2.75) is 0 Å². The molecule has 1 atom stereocenters. The summed E-state index contributed by atoms with van der Waals surface area (Å²) < 4.78 is 0. The maximum Gasteiger partial charge on any atom is 0.116 e. The fourth-order valence-electron chi connectivity index (χ4n) is 3.77. The van der Waals surface area contributed by atoms with Crippen molar-refractivity contribution in [1.82, 2.24) is 4.98 Å². The Bertz CT molecular complexity index is 1340. The first-order chi connectivity index (χ1) is 13.7. The number of aromatic hydroxyl groups is 1. The highest BCUT2D eigenvalue weighted by atomic mass is 31.0. The second-order valence-electron chi connectivity index (χ2n) is 6.91. The number of fused-ring (bicyclic) bond motifs is 2. The number of pyridine rings is 1. The summed E-state index contributed by atoms with van der Waals surface area (Å²) in [6, 6.07) is 30.6. The molecule has 0 radical (unpaired) electrons. The Balaban J connectivity index is 1.87. The topological polar surface area (TPSA) is 33.1 Å². The number of phenols is 1. The van der Waals surface area contributed by atoms with Crippen LogP contribution in [0.25, 0.3) is 43.9 Å². The van der Waals surface area contributed by atoms with Crippen LogP contribution in [0, 0.1) is 0 Å². The predicted molar refractivity (Wildman–Crippen MR) is 121 cm³/mol. The molecule has 3 heteroatoms. The number of rotatable bonds is 2. The van der Waals surface area contributed by atoms with Crippen molar-refractivity contribution in [2.24, 2.45) is 0 Å². The lowest BCUT2D eigenvalue weighted by Gasteiger charge is -2.13. The highest BCUT2D eigenvalue weighted by molar-refractivity contribution is 7.26. The van der Waals surface area contributed by atoms with Crippen LogP contribution in [0.1, 0.15) is 0 Å². The normalized spacial score (nSPS) is 11.2. The smallest absolute Gasteiger partial charge is 0.116 e. The van der Waals surface area contributed by atoms with Gasteiger partial charge in [0, 0.05) is 10.9 Å². The fourth-order valence-corrected chi connectivity index (χ4v) is 3.99. The first-order valence-electron chi connectivity index (χ1n) is 9.17. The Labute approximate surface area is 165 Å². The highest BCUT2D eigenvalue weighted by Crippen LogP contribution is 2.37. The molecule has 5 aromatic rings. The van der Waals surface area contributed by atoms with Crippen LogP contribution in [-0.4, -0.2) is 10.1 Å². The summed E-state index contributed by atoms with van der Waals surface area (Å²) in [5.41, 5.74) is 6.19. The molecule has 0 amide bonds. The Morgan fingerprint density at radius 1 is 0.643 bits per heavy atom. The third kappa shape index (κ3) is 2.93. The quantitative estimate of drug-likeness (QED) is 0.386. The van der Waals surface area contributed by atoms with Gasteiger partial charge in [0.15, 0.2) is 0 Å². The summed E-state index contributed by atoms with van der Waals surface area (Å²) in [4.78, 5) is 4.82. The Kier molecular flexibility index (Phi) is 4.07. The van der Waals surface area contributed by atoms with Gasteiger partial charge in [0.2, 0.25) is 0 Å². The van der Waals surface area contributed by atoms with Gasteiger partial charge in [0.25, 0.3) is 0 Å². The molecular weight excluding hydrogens is 361 g/mol. The van der Waals surface area contributed by atoms with E-state index in [1.807, 2.05) is 18.2 Å². The largest absolute Gasteiger partial charge is 0.508 e. The Morgan fingerprint density at radius 3 is 2.36 bits per heavy atom. The fraction of sp³-hybridized carbons (Fsp3) is 0. The van der Waals surface area contributed by atoms with Crippen LogP contribution < -0.4 is 5.44 Å². The Morgan fingerprint density at radius 2 is 1.46 bits per heavy atom. The first-order valence-corrected chi connectivity index (χ1v) is 9.74. The van der Waals surface area contributed by atoms with Crippen molar-refractivity contribution in [3.8, 4) is 28.0 Å². The van der Waals surface area contributed by atoms with Gasteiger partial charge in [-0.15, -0.1) is 0 Å². The number of aromatic nitrogens is 1. The van der Waals surface area contributed by atoms with Crippen molar-refractivity contribution >= 4 is 36.4 Å². The lowest BCUT2D eigenvalue weighted by atomic mass is 9.92. The Hall–Kier alpha value is -3.22. The van der Waals surface area contributed by atoms with E-state index in [0.717, 1.165) is 38.6 Å². The molecule has 0 fully saturated rings. The van der Waals surface area contributed by atoms with E-state index < -0.39 is 0 Å². The average molecular weight is 379 g/mol. The van der Waals surface area contributed by atoms with Gasteiger partial charge >= 0.3 is 0 Å². The molecule has 2 nitrogen and oxygen atoms in total. The molecule has 0 aliphatic heterocycles. The molecule has 0 aliphatic rings. The van der Waals surface area contributed by atoms with Crippen LogP contribution in [0.4, 0.5) is 0 Å². The highest BCUT2D eigenvalue weighted by Gasteiger charge is 2.12. The molecule has 1 heterocycles. The van der Waals surface area contributed by atoms with Crippen LogP contribution in [0.3, 0.4) is 0 Å². The summed E-state index contributed by atoms with van der Waals surface area (Å²) >= 11 is 0. The third-order valence-electron chi connectivity index (χ3n) is 5.07. The molecule has 0 spiro atoms. The van der Waals surface area contributed by atoms with Crippen LogP contribution >= 0.6 is 9.24 Å². The van der Waals surface area contributed by atoms with Gasteiger partial charge in [-0.05, 0) is 57.8 Å². The molecule has 28 heavy (non-hydrogen) atoms. The maximum atomic E-state index is 9.94. The SMILES string of the molecule is Oc1cccc(-c2cc(-c3cccc4ccccc34)c3nc(P)ccc3c2)c1. The number of nitrogens with zero attached hydrogens (tertiary/aromatic N) is 1. The number of hydrogen-bond donors (Lipinski definition) is 1. The molecule has 0 saturated heterocycles. The van der Waals surface area contributed by atoms with E-state index in [-0.39, 0.29) is 5.75 Å². The minimum absolute atomic E-state index is 0.266. The molecule has 0 saturated carbocycles. The average Bonchev–Trinajstić information content (AvgIpc) is 2.72. The van der Waals surface area contributed by atoms with E-state index in [2.05, 4.69) is 69.9 Å². The number of hydrogen-bond acceptors (Lipinski definition) is 2. The molecule has 134 valence electrons. The van der Waals surface area contributed by atoms with Gasteiger partial charge in [-0.25, -0.2) is 4.98 Å². The zero-order valence-corrected chi connectivity index (χ0v) is 16.3. The van der Waals surface area contributed by atoms with Gasteiger partial charge in [0.05, 0.1) is 11.0 Å². The van der Waals surface area contributed by atoms with E-state index in [4.69, 9.17) is 4.98 Å². The monoisotopic (exact) mass is 379 g/mol. The molecule has 0 bridgehead atoms. The van der Waals surface area contributed by atoms with Crippen molar-refractivity contribution in [2.75, 3.05) is 0 Å². The molecule has 4 aromatic carbocycles. The zero-order valence-electron chi connectivity index (χ0n) is 15.1. The lowest BCUT2D eigenvalue weighted by molar-refractivity contribution is 0.475. The van der Waals surface area contributed by atoms with Crippen molar-refractivity contribution in [1.29, 1.82) is 0 Å². The predicted octanol–water partition coefficient (Wildman–Crippen LogP) is 5.93. The maximum absolute atomic E-state index is 9.94. The van der Waals surface area contributed by atoms with E-state index in [1.165, 1.54) is 10.8 Å². The molecule has 1 unspecified atom stereocenters. The van der Waals surface area contributed by atoms with Gasteiger partial charge in [-0.2, -0.15) is 0 Å². The van der Waals surface area contributed by atoms with E-state index in [1.54, 1.807) is 12.1 Å². The van der Waals surface area contributed by atoms with E-state index in [0.29, 0.717) is 0 Å². The van der Waals surface area contributed by atoms with Crippen molar-refractivity contribution < 1.29 is 5.11 Å². The minimum atomic E-state index is 0.266. The standard InChI is InChI=1S/C25H18NOP/c27-20-8-3-7-17(14-20)19-13-18-11-12-24(28)26-25(18)23(15-19)22-10-4-6-16-5-1-2-9-21(16)22/h1-15,27H,28H2. The lowest BCUT2D eigenvalue weighted by Crippen LogP contribution is -1.98. The van der Waals surface area contributed by atoms with Crippen molar-refractivity contribution in [3.63, 3.8) is 0 Å². The number of benzene rings is 4. The van der Waals surface area contributed by atoms with Crippen LogP contribution in [0.5, 0.6) is 5.75 Å². The zero-order chi connectivity index (χ0) is 19.1. The summed E-state index contributed by atoms with van der Waals surface area (Å²) in [6.07, 6.45) is 0. The first kappa shape index (κ1) is 16.9. The molecule has 5 rings (SSSR count). The minimum Gasteiger partial charge on any atom is -0.508 e. The second kappa shape index (κ2) is 6.74. The molecule has 1 N–H and O–H groups in total. The summed E-state index contributed by atoms with van der Waals surface area (Å²) in [6.45, 7) is 0. The molecular formula is C25H18NOP. The summed E-state index contributed by atoms with van der Waals surface area (Å²) in [7, 11) is 2.69. The van der Waals surface area contributed by atoms with Gasteiger partial charge in [-0.3, -0.25) is 0 Å². The second-order valence-corrected chi connectivity index (χ2v) is 7.50.